The van der Waals surface area contributed by atoms with Gasteiger partial charge in [-0.3, -0.25) is 4.79 Å². The molecular formula is C16H21NO3. The summed E-state index contributed by atoms with van der Waals surface area (Å²) in [5.74, 6) is 0.721. The molecule has 0 unspecified atom stereocenters. The first kappa shape index (κ1) is 14.4. The normalized spacial score (nSPS) is 10.8. The predicted octanol–water partition coefficient (Wildman–Crippen LogP) is 3.17. The molecule has 1 aromatic heterocycles. The third kappa shape index (κ3) is 2.95. The summed E-state index contributed by atoms with van der Waals surface area (Å²) in [5.41, 5.74) is 2.41. The molecule has 2 rings (SSSR count). The molecule has 0 amide bonds. The number of aryl methyl sites for hydroxylation is 2. The van der Waals surface area contributed by atoms with E-state index in [9.17, 15) is 4.79 Å². The molecule has 0 atom stereocenters. The number of carbonyl (C=O) groups excluding carboxylic acids is 1. The highest BCUT2D eigenvalue weighted by Gasteiger charge is 2.10. The Labute approximate surface area is 119 Å². The Bertz CT molecular complexity index is 601. The predicted molar refractivity (Wildman–Crippen MR) is 79.1 cm³/mol. The van der Waals surface area contributed by atoms with Gasteiger partial charge in [-0.25, -0.2) is 0 Å². The van der Waals surface area contributed by atoms with Crippen LogP contribution in [0.2, 0.25) is 0 Å². The van der Waals surface area contributed by atoms with Gasteiger partial charge in [0.2, 0.25) is 0 Å². The summed E-state index contributed by atoms with van der Waals surface area (Å²) < 4.78 is 12.4. The van der Waals surface area contributed by atoms with Crippen LogP contribution in [0, 0.1) is 0 Å². The topological polar surface area (TPSA) is 40.5 Å². The molecule has 20 heavy (non-hydrogen) atoms. The van der Waals surface area contributed by atoms with E-state index in [1.807, 2.05) is 19.2 Å². The molecule has 0 saturated heterocycles. The lowest BCUT2D eigenvalue weighted by molar-refractivity contribution is -0.143. The molecule has 4 nitrogen and oxygen atoms in total. The number of hydrogen-bond donors (Lipinski definition) is 0. The van der Waals surface area contributed by atoms with E-state index in [1.54, 1.807) is 7.11 Å². The molecule has 0 radical (unpaired) electrons. The minimum absolute atomic E-state index is 0.152. The summed E-state index contributed by atoms with van der Waals surface area (Å²) in [6.07, 6.45) is 3.34. The van der Waals surface area contributed by atoms with Gasteiger partial charge < -0.3 is 14.0 Å². The van der Waals surface area contributed by atoms with Crippen LogP contribution in [0.15, 0.2) is 24.4 Å². The largest absolute Gasteiger partial charge is 0.497 e. The van der Waals surface area contributed by atoms with E-state index >= 15 is 0 Å². The first-order chi connectivity index (χ1) is 9.69. The molecule has 0 aliphatic rings. The van der Waals surface area contributed by atoms with E-state index in [-0.39, 0.29) is 5.97 Å². The number of hydrogen-bond acceptors (Lipinski definition) is 3. The quantitative estimate of drug-likeness (QED) is 0.760. The highest BCUT2D eigenvalue weighted by Crippen LogP contribution is 2.27. The van der Waals surface area contributed by atoms with Gasteiger partial charge in [0.15, 0.2) is 0 Å². The number of benzene rings is 1. The fourth-order valence-corrected chi connectivity index (χ4v) is 2.43. The lowest BCUT2D eigenvalue weighted by Crippen LogP contribution is -2.08. The molecule has 1 heterocycles. The number of methoxy groups -OCH3 is 1. The Morgan fingerprint density at radius 1 is 1.30 bits per heavy atom. The van der Waals surface area contributed by atoms with E-state index in [2.05, 4.69) is 23.6 Å². The summed E-state index contributed by atoms with van der Waals surface area (Å²) >= 11 is 0. The zero-order valence-corrected chi connectivity index (χ0v) is 12.3. The second kappa shape index (κ2) is 6.46. The summed E-state index contributed by atoms with van der Waals surface area (Å²) in [7, 11) is 1.68. The van der Waals surface area contributed by atoms with Crippen molar-refractivity contribution in [2.45, 2.75) is 33.2 Å². The van der Waals surface area contributed by atoms with Crippen molar-refractivity contribution in [3.63, 3.8) is 0 Å². The zero-order chi connectivity index (χ0) is 14.5. The molecule has 0 saturated carbocycles. The van der Waals surface area contributed by atoms with Crippen molar-refractivity contribution in [2.24, 2.45) is 0 Å². The van der Waals surface area contributed by atoms with Gasteiger partial charge in [-0.05, 0) is 37.1 Å². The minimum Gasteiger partial charge on any atom is -0.497 e. The Balaban J connectivity index is 2.28. The minimum atomic E-state index is -0.152. The molecule has 0 fully saturated rings. The van der Waals surface area contributed by atoms with Crippen LogP contribution >= 0.6 is 0 Å². The molecule has 0 aliphatic carbocycles. The van der Waals surface area contributed by atoms with E-state index in [1.165, 1.54) is 11.1 Å². The van der Waals surface area contributed by atoms with Gasteiger partial charge in [0.1, 0.15) is 5.75 Å². The number of nitrogens with zero attached hydrogens (tertiary/aromatic N) is 1. The van der Waals surface area contributed by atoms with Crippen LogP contribution < -0.4 is 4.74 Å². The molecule has 1 aromatic carbocycles. The third-order valence-corrected chi connectivity index (χ3v) is 3.39. The van der Waals surface area contributed by atoms with E-state index in [0.29, 0.717) is 19.6 Å². The zero-order valence-electron chi connectivity index (χ0n) is 12.3. The Hall–Kier alpha value is -1.97. The van der Waals surface area contributed by atoms with Crippen molar-refractivity contribution in [3.8, 4) is 5.75 Å². The summed E-state index contributed by atoms with van der Waals surface area (Å²) in [4.78, 5) is 11.5. The number of rotatable bonds is 6. The van der Waals surface area contributed by atoms with Crippen LogP contribution in [0.3, 0.4) is 0 Å². The Morgan fingerprint density at radius 3 is 2.75 bits per heavy atom. The van der Waals surface area contributed by atoms with Crippen LogP contribution in [0.25, 0.3) is 10.9 Å². The van der Waals surface area contributed by atoms with E-state index in [0.717, 1.165) is 17.6 Å². The van der Waals surface area contributed by atoms with Gasteiger partial charge in [-0.1, -0.05) is 6.92 Å². The molecule has 0 spiro atoms. The number of aromatic nitrogens is 1. The lowest BCUT2D eigenvalue weighted by Gasteiger charge is -2.10. The summed E-state index contributed by atoms with van der Waals surface area (Å²) in [5, 5.41) is 1.14. The maximum Gasteiger partial charge on any atom is 0.307 e. The van der Waals surface area contributed by atoms with Gasteiger partial charge in [0, 0.05) is 18.1 Å². The molecule has 2 aromatic rings. The van der Waals surface area contributed by atoms with E-state index < -0.39 is 0 Å². The van der Waals surface area contributed by atoms with Crippen molar-refractivity contribution < 1.29 is 14.3 Å². The average molecular weight is 275 g/mol. The SMILES string of the molecule is CCOC(=O)CCn1ccc2cc(OC)cc(CC)c21. The highest BCUT2D eigenvalue weighted by atomic mass is 16.5. The third-order valence-electron chi connectivity index (χ3n) is 3.39. The molecule has 4 heteroatoms. The number of carbonyl (C=O) groups is 1. The second-order valence-electron chi connectivity index (χ2n) is 4.64. The fraction of sp³-hybridized carbons (Fsp3) is 0.438. The Kier molecular flexibility index (Phi) is 4.66. The average Bonchev–Trinajstić information content (AvgIpc) is 2.87. The first-order valence-corrected chi connectivity index (χ1v) is 7.01. The first-order valence-electron chi connectivity index (χ1n) is 7.01. The smallest absolute Gasteiger partial charge is 0.307 e. The fourth-order valence-electron chi connectivity index (χ4n) is 2.43. The summed E-state index contributed by atoms with van der Waals surface area (Å²) in [6, 6.07) is 6.14. The van der Waals surface area contributed by atoms with Crippen molar-refractivity contribution in [1.29, 1.82) is 0 Å². The van der Waals surface area contributed by atoms with Crippen molar-refractivity contribution in [3.05, 3.63) is 30.0 Å². The lowest BCUT2D eigenvalue weighted by atomic mass is 10.1. The summed E-state index contributed by atoms with van der Waals surface area (Å²) in [6.45, 7) is 5.02. The van der Waals surface area contributed by atoms with E-state index in [4.69, 9.17) is 9.47 Å². The standard InChI is InChI=1S/C16H21NO3/c1-4-12-10-14(19-3)11-13-6-8-17(16(12)13)9-7-15(18)20-5-2/h6,8,10-11H,4-5,7,9H2,1-3H3. The van der Waals surface area contributed by atoms with Gasteiger partial charge >= 0.3 is 5.97 Å². The molecule has 108 valence electrons. The number of esters is 1. The molecular weight excluding hydrogens is 254 g/mol. The van der Waals surface area contributed by atoms with Gasteiger partial charge in [-0.15, -0.1) is 0 Å². The van der Waals surface area contributed by atoms with Crippen LogP contribution in [-0.4, -0.2) is 24.3 Å². The van der Waals surface area contributed by atoms with Gasteiger partial charge in [-0.2, -0.15) is 0 Å². The Morgan fingerprint density at radius 2 is 2.10 bits per heavy atom. The number of fused-ring (bicyclic) bond motifs is 1. The van der Waals surface area contributed by atoms with Gasteiger partial charge in [0.05, 0.1) is 25.7 Å². The maximum atomic E-state index is 11.5. The number of ether oxygens (including phenoxy) is 2. The van der Waals surface area contributed by atoms with Crippen LogP contribution in [0.5, 0.6) is 5.75 Å². The maximum absolute atomic E-state index is 11.5. The second-order valence-corrected chi connectivity index (χ2v) is 4.64. The van der Waals surface area contributed by atoms with Crippen LogP contribution in [0.4, 0.5) is 0 Å². The molecule has 0 N–H and O–H groups in total. The highest BCUT2D eigenvalue weighted by molar-refractivity contribution is 5.85. The van der Waals surface area contributed by atoms with Crippen LogP contribution in [0.1, 0.15) is 25.8 Å². The van der Waals surface area contributed by atoms with Gasteiger partial charge in [0.25, 0.3) is 0 Å². The molecule has 0 aliphatic heterocycles. The van der Waals surface area contributed by atoms with Crippen molar-refractivity contribution >= 4 is 16.9 Å². The molecule has 0 bridgehead atoms. The van der Waals surface area contributed by atoms with Crippen LogP contribution in [-0.2, 0) is 22.5 Å². The van der Waals surface area contributed by atoms with Crippen molar-refractivity contribution in [2.75, 3.05) is 13.7 Å². The van der Waals surface area contributed by atoms with Crippen molar-refractivity contribution in [1.82, 2.24) is 4.57 Å². The monoisotopic (exact) mass is 275 g/mol.